The fourth-order valence-electron chi connectivity index (χ4n) is 1.98. The van der Waals surface area contributed by atoms with E-state index in [4.69, 9.17) is 0 Å². The maximum absolute atomic E-state index is 11.1. The largest absolute Gasteiger partial charge is 0.469 e. The zero-order valence-corrected chi connectivity index (χ0v) is 11.0. The van der Waals surface area contributed by atoms with Crippen LogP contribution in [-0.2, 0) is 9.53 Å². The molecule has 17 heavy (non-hydrogen) atoms. The molecule has 0 fully saturated rings. The van der Waals surface area contributed by atoms with E-state index >= 15 is 0 Å². The highest BCUT2D eigenvalue weighted by molar-refractivity contribution is 5.69. The molecular formula is C14H21NO2. The summed E-state index contributed by atoms with van der Waals surface area (Å²) in [5, 5.41) is 3.40. The summed E-state index contributed by atoms with van der Waals surface area (Å²) in [6.07, 6.45) is 0.396. The molecule has 0 bridgehead atoms. The average molecular weight is 235 g/mol. The molecule has 1 N–H and O–H groups in total. The van der Waals surface area contributed by atoms with Gasteiger partial charge in [0.25, 0.3) is 0 Å². The Labute approximate surface area is 103 Å². The Morgan fingerprint density at radius 3 is 2.59 bits per heavy atom. The summed E-state index contributed by atoms with van der Waals surface area (Å²) in [5.74, 6) is -0.179. The van der Waals surface area contributed by atoms with E-state index in [9.17, 15) is 4.79 Å². The molecule has 0 saturated carbocycles. The molecule has 0 spiro atoms. The third kappa shape index (κ3) is 4.19. The normalized spacial score (nSPS) is 14.1. The van der Waals surface area contributed by atoms with Gasteiger partial charge in [-0.25, -0.2) is 0 Å². The van der Waals surface area contributed by atoms with Crippen molar-refractivity contribution in [3.8, 4) is 0 Å². The zero-order chi connectivity index (χ0) is 12.8. The van der Waals surface area contributed by atoms with Crippen molar-refractivity contribution < 1.29 is 9.53 Å². The molecule has 0 saturated heterocycles. The van der Waals surface area contributed by atoms with Gasteiger partial charge in [0.1, 0.15) is 0 Å². The van der Waals surface area contributed by atoms with Crippen LogP contribution in [0.25, 0.3) is 0 Å². The van der Waals surface area contributed by atoms with Crippen LogP contribution in [0.3, 0.4) is 0 Å². The van der Waals surface area contributed by atoms with E-state index in [1.165, 1.54) is 18.2 Å². The Morgan fingerprint density at radius 1 is 1.35 bits per heavy atom. The van der Waals surface area contributed by atoms with Crippen molar-refractivity contribution in [2.45, 2.75) is 39.3 Å². The lowest BCUT2D eigenvalue weighted by atomic mass is 10.0. The summed E-state index contributed by atoms with van der Waals surface area (Å²) in [6.45, 7) is 6.19. The van der Waals surface area contributed by atoms with Crippen LogP contribution in [0.15, 0.2) is 24.3 Å². The number of hydrogen-bond acceptors (Lipinski definition) is 3. The first-order chi connectivity index (χ1) is 8.04. The minimum absolute atomic E-state index is 0.108. The number of esters is 1. The molecule has 0 aromatic heterocycles. The molecule has 0 aliphatic carbocycles. The predicted octanol–water partition coefficient (Wildman–Crippen LogP) is 2.60. The van der Waals surface area contributed by atoms with Crippen LogP contribution >= 0.6 is 0 Å². The summed E-state index contributed by atoms with van der Waals surface area (Å²) in [7, 11) is 1.42. The second-order valence-corrected chi connectivity index (χ2v) is 4.43. The minimum Gasteiger partial charge on any atom is -0.469 e. The first kappa shape index (κ1) is 13.7. The topological polar surface area (TPSA) is 38.3 Å². The summed E-state index contributed by atoms with van der Waals surface area (Å²) >= 11 is 0. The van der Waals surface area contributed by atoms with Gasteiger partial charge in [-0.2, -0.15) is 0 Å². The summed E-state index contributed by atoms with van der Waals surface area (Å²) in [4.78, 5) is 11.1. The number of methoxy groups -OCH3 is 1. The SMILES string of the molecule is COC(=O)CC(C)N[C@H](C)c1ccccc1C. The van der Waals surface area contributed by atoms with Crippen LogP contribution in [0.4, 0.5) is 0 Å². The first-order valence-corrected chi connectivity index (χ1v) is 5.93. The molecule has 2 atom stereocenters. The summed E-state index contributed by atoms with van der Waals surface area (Å²) in [5.41, 5.74) is 2.53. The highest BCUT2D eigenvalue weighted by Gasteiger charge is 2.13. The van der Waals surface area contributed by atoms with Crippen molar-refractivity contribution in [1.82, 2.24) is 5.32 Å². The quantitative estimate of drug-likeness (QED) is 0.797. The highest BCUT2D eigenvalue weighted by Crippen LogP contribution is 2.17. The molecule has 3 nitrogen and oxygen atoms in total. The van der Waals surface area contributed by atoms with Crippen LogP contribution in [0.1, 0.15) is 37.4 Å². The lowest BCUT2D eigenvalue weighted by Crippen LogP contribution is -2.31. The highest BCUT2D eigenvalue weighted by atomic mass is 16.5. The number of hydrogen-bond donors (Lipinski definition) is 1. The van der Waals surface area contributed by atoms with Gasteiger partial charge in [0.15, 0.2) is 0 Å². The van der Waals surface area contributed by atoms with Crippen LogP contribution in [0.2, 0.25) is 0 Å². The minimum atomic E-state index is -0.179. The molecule has 0 amide bonds. The predicted molar refractivity (Wildman–Crippen MR) is 68.8 cm³/mol. The van der Waals surface area contributed by atoms with E-state index in [0.717, 1.165) is 0 Å². The Bertz CT molecular complexity index is 376. The summed E-state index contributed by atoms with van der Waals surface area (Å²) < 4.78 is 4.65. The van der Waals surface area contributed by atoms with Crippen molar-refractivity contribution in [1.29, 1.82) is 0 Å². The van der Waals surface area contributed by atoms with Gasteiger partial charge in [-0.15, -0.1) is 0 Å². The summed E-state index contributed by atoms with van der Waals surface area (Å²) in [6, 6.07) is 8.61. The molecule has 0 aliphatic heterocycles. The zero-order valence-electron chi connectivity index (χ0n) is 11.0. The fourth-order valence-corrected chi connectivity index (χ4v) is 1.98. The van der Waals surface area contributed by atoms with E-state index in [1.807, 2.05) is 19.1 Å². The van der Waals surface area contributed by atoms with E-state index in [-0.39, 0.29) is 18.1 Å². The average Bonchev–Trinajstić information content (AvgIpc) is 2.29. The van der Waals surface area contributed by atoms with Gasteiger partial charge in [-0.1, -0.05) is 24.3 Å². The number of aryl methyl sites for hydroxylation is 1. The molecule has 1 aromatic rings. The molecule has 1 aromatic carbocycles. The van der Waals surface area contributed by atoms with Crippen molar-refractivity contribution >= 4 is 5.97 Å². The Balaban J connectivity index is 2.57. The van der Waals surface area contributed by atoms with Crippen molar-refractivity contribution in [3.63, 3.8) is 0 Å². The fraction of sp³-hybridized carbons (Fsp3) is 0.500. The number of carbonyl (C=O) groups excluding carboxylic acids is 1. The lowest BCUT2D eigenvalue weighted by molar-refractivity contribution is -0.141. The molecule has 94 valence electrons. The molecule has 0 radical (unpaired) electrons. The lowest BCUT2D eigenvalue weighted by Gasteiger charge is -2.21. The van der Waals surface area contributed by atoms with Gasteiger partial charge in [0, 0.05) is 12.1 Å². The smallest absolute Gasteiger partial charge is 0.307 e. The molecule has 1 unspecified atom stereocenters. The number of nitrogens with one attached hydrogen (secondary N) is 1. The number of benzene rings is 1. The third-order valence-electron chi connectivity index (χ3n) is 2.89. The van der Waals surface area contributed by atoms with Gasteiger partial charge < -0.3 is 10.1 Å². The molecule has 3 heteroatoms. The molecule has 1 rings (SSSR count). The first-order valence-electron chi connectivity index (χ1n) is 5.93. The second kappa shape index (κ2) is 6.40. The van der Waals surface area contributed by atoms with Crippen LogP contribution < -0.4 is 5.32 Å². The van der Waals surface area contributed by atoms with Gasteiger partial charge in [-0.3, -0.25) is 4.79 Å². The van der Waals surface area contributed by atoms with Crippen molar-refractivity contribution in [2.24, 2.45) is 0 Å². The van der Waals surface area contributed by atoms with Crippen LogP contribution in [-0.4, -0.2) is 19.1 Å². The Kier molecular flexibility index (Phi) is 5.16. The number of carbonyl (C=O) groups is 1. The van der Waals surface area contributed by atoms with E-state index in [1.54, 1.807) is 0 Å². The van der Waals surface area contributed by atoms with Crippen LogP contribution in [0.5, 0.6) is 0 Å². The third-order valence-corrected chi connectivity index (χ3v) is 2.89. The maximum Gasteiger partial charge on any atom is 0.307 e. The van der Waals surface area contributed by atoms with Crippen molar-refractivity contribution in [2.75, 3.05) is 7.11 Å². The molecule has 0 heterocycles. The van der Waals surface area contributed by atoms with Gasteiger partial charge in [0.05, 0.1) is 13.5 Å². The Hall–Kier alpha value is -1.35. The van der Waals surface area contributed by atoms with E-state index in [0.29, 0.717) is 6.42 Å². The van der Waals surface area contributed by atoms with Gasteiger partial charge >= 0.3 is 5.97 Å². The maximum atomic E-state index is 11.1. The van der Waals surface area contributed by atoms with E-state index < -0.39 is 0 Å². The standard InChI is InChI=1S/C14H21NO2/c1-10-7-5-6-8-13(10)12(3)15-11(2)9-14(16)17-4/h5-8,11-12,15H,9H2,1-4H3/t11?,12-/m1/s1. The van der Waals surface area contributed by atoms with Crippen molar-refractivity contribution in [3.05, 3.63) is 35.4 Å². The second-order valence-electron chi connectivity index (χ2n) is 4.43. The van der Waals surface area contributed by atoms with E-state index in [2.05, 4.69) is 36.0 Å². The van der Waals surface area contributed by atoms with Gasteiger partial charge in [-0.05, 0) is 31.9 Å². The van der Waals surface area contributed by atoms with Crippen LogP contribution in [0, 0.1) is 6.92 Å². The Morgan fingerprint density at radius 2 is 2.00 bits per heavy atom. The number of rotatable bonds is 5. The molecule has 0 aliphatic rings. The number of ether oxygens (including phenoxy) is 1. The van der Waals surface area contributed by atoms with Gasteiger partial charge in [0.2, 0.25) is 0 Å². The molecular weight excluding hydrogens is 214 g/mol. The monoisotopic (exact) mass is 235 g/mol.